The van der Waals surface area contributed by atoms with Crippen molar-refractivity contribution in [2.45, 2.75) is 44.4 Å². The van der Waals surface area contributed by atoms with Crippen LogP contribution < -0.4 is 4.90 Å². The zero-order valence-corrected chi connectivity index (χ0v) is 14.2. The van der Waals surface area contributed by atoms with Gasteiger partial charge in [-0.25, -0.2) is 4.79 Å². The number of carbonyl (C=O) groups is 2. The molecule has 0 aromatic carbocycles. The van der Waals surface area contributed by atoms with Gasteiger partial charge in [-0.1, -0.05) is 0 Å². The highest BCUT2D eigenvalue weighted by molar-refractivity contribution is 7.12. The maximum absolute atomic E-state index is 12.2. The first kappa shape index (κ1) is 16.4. The molecule has 7 heteroatoms. The lowest BCUT2D eigenvalue weighted by atomic mass is 9.88. The lowest BCUT2D eigenvalue weighted by Crippen LogP contribution is -2.46. The molecule has 6 nitrogen and oxygen atoms in total. The van der Waals surface area contributed by atoms with E-state index in [2.05, 4.69) is 0 Å². The van der Waals surface area contributed by atoms with E-state index >= 15 is 0 Å². The topological polar surface area (TPSA) is 65.1 Å². The molecule has 1 aromatic rings. The third-order valence-corrected chi connectivity index (χ3v) is 5.39. The molecule has 2 heterocycles. The summed E-state index contributed by atoms with van der Waals surface area (Å²) in [5.41, 5.74) is 0.642. The highest BCUT2D eigenvalue weighted by Gasteiger charge is 2.42. The van der Waals surface area contributed by atoms with Crippen LogP contribution in [0.25, 0.3) is 0 Å². The zero-order chi connectivity index (χ0) is 16.4. The summed E-state index contributed by atoms with van der Waals surface area (Å²) in [6, 6.07) is 1.86. The molecule has 1 aliphatic heterocycles. The smallest absolute Gasteiger partial charge is 0.350 e. The third kappa shape index (κ3) is 3.13. The van der Waals surface area contributed by atoms with Gasteiger partial charge in [0.25, 0.3) is 0 Å². The maximum atomic E-state index is 12.2. The molecule has 0 N–H and O–H groups in total. The van der Waals surface area contributed by atoms with Gasteiger partial charge < -0.3 is 19.1 Å². The van der Waals surface area contributed by atoms with Crippen molar-refractivity contribution in [1.29, 1.82) is 0 Å². The van der Waals surface area contributed by atoms with Gasteiger partial charge in [0.2, 0.25) is 5.91 Å². The third-order valence-electron chi connectivity index (χ3n) is 4.51. The van der Waals surface area contributed by atoms with Crippen molar-refractivity contribution in [3.8, 4) is 0 Å². The number of thiophene rings is 1. The number of hydrogen-bond donors (Lipinski definition) is 0. The van der Waals surface area contributed by atoms with Crippen LogP contribution in [0.15, 0.2) is 11.4 Å². The number of hydrogen-bond acceptors (Lipinski definition) is 6. The molecule has 0 bridgehead atoms. The van der Waals surface area contributed by atoms with Gasteiger partial charge in [-0.15, -0.1) is 11.3 Å². The second-order valence-electron chi connectivity index (χ2n) is 5.85. The standard InChI is InChI=1S/C16H21NO5S/c1-11(18)17(13-5-10-23-14(13)15(19)20-2)12-3-6-16(7-4-12)21-8-9-22-16/h5,10,12H,3-4,6-9H2,1-2H3. The molecule has 0 atom stereocenters. The van der Waals surface area contributed by atoms with Gasteiger partial charge in [0.1, 0.15) is 4.88 Å². The molecule has 3 rings (SSSR count). The number of methoxy groups -OCH3 is 1. The number of anilines is 1. The Balaban J connectivity index is 1.79. The molecule has 2 aliphatic rings. The van der Waals surface area contributed by atoms with E-state index in [1.54, 1.807) is 4.90 Å². The largest absolute Gasteiger partial charge is 0.465 e. The van der Waals surface area contributed by atoms with Crippen molar-refractivity contribution in [2.75, 3.05) is 25.2 Å². The highest BCUT2D eigenvalue weighted by atomic mass is 32.1. The van der Waals surface area contributed by atoms with Crippen molar-refractivity contribution in [2.24, 2.45) is 0 Å². The summed E-state index contributed by atoms with van der Waals surface area (Å²) in [4.78, 5) is 26.3. The minimum absolute atomic E-state index is 0.0453. The SMILES string of the molecule is COC(=O)c1sccc1N(C(C)=O)C1CCC2(CC1)OCCO2. The van der Waals surface area contributed by atoms with Crippen LogP contribution in [0.3, 0.4) is 0 Å². The van der Waals surface area contributed by atoms with Crippen molar-refractivity contribution in [1.82, 2.24) is 0 Å². The van der Waals surface area contributed by atoms with Gasteiger partial charge >= 0.3 is 5.97 Å². The second-order valence-corrected chi connectivity index (χ2v) is 6.77. The summed E-state index contributed by atoms with van der Waals surface area (Å²) in [7, 11) is 1.35. The Morgan fingerprint density at radius 2 is 1.96 bits per heavy atom. The Hall–Kier alpha value is -1.44. The number of carbonyl (C=O) groups excluding carboxylic acids is 2. The van der Waals surface area contributed by atoms with E-state index in [9.17, 15) is 9.59 Å². The first-order chi connectivity index (χ1) is 11.1. The summed E-state index contributed by atoms with van der Waals surface area (Å²) in [6.45, 7) is 2.81. The van der Waals surface area contributed by atoms with Gasteiger partial charge in [-0.2, -0.15) is 0 Å². The van der Waals surface area contributed by atoms with E-state index in [4.69, 9.17) is 14.2 Å². The summed E-state index contributed by atoms with van der Waals surface area (Å²) < 4.78 is 16.3. The van der Waals surface area contributed by atoms with Crippen LogP contribution in [-0.4, -0.2) is 44.0 Å². The Morgan fingerprint density at radius 1 is 1.30 bits per heavy atom. The van der Waals surface area contributed by atoms with E-state index < -0.39 is 11.8 Å². The lowest BCUT2D eigenvalue weighted by molar-refractivity contribution is -0.178. The Morgan fingerprint density at radius 3 is 2.52 bits per heavy atom. The quantitative estimate of drug-likeness (QED) is 0.792. The summed E-state index contributed by atoms with van der Waals surface area (Å²) in [5.74, 6) is -0.933. The molecule has 1 aliphatic carbocycles. The molecule has 1 amide bonds. The zero-order valence-electron chi connectivity index (χ0n) is 13.4. The molecule has 1 saturated heterocycles. The number of amides is 1. The van der Waals surface area contributed by atoms with E-state index in [-0.39, 0.29) is 11.9 Å². The van der Waals surface area contributed by atoms with Crippen molar-refractivity contribution in [3.63, 3.8) is 0 Å². The number of esters is 1. The molecular formula is C16H21NO5S. The molecule has 1 saturated carbocycles. The van der Waals surface area contributed by atoms with Gasteiger partial charge in [-0.05, 0) is 24.3 Å². The van der Waals surface area contributed by atoms with E-state index in [0.717, 1.165) is 25.7 Å². The van der Waals surface area contributed by atoms with E-state index in [1.807, 2.05) is 11.4 Å². The van der Waals surface area contributed by atoms with Crippen LogP contribution in [0, 0.1) is 0 Å². The second kappa shape index (κ2) is 6.59. The van der Waals surface area contributed by atoms with Crippen molar-refractivity contribution < 1.29 is 23.8 Å². The normalized spacial score (nSPS) is 20.6. The van der Waals surface area contributed by atoms with Gasteiger partial charge in [0.15, 0.2) is 5.79 Å². The average Bonchev–Trinajstić information content (AvgIpc) is 3.19. The fraction of sp³-hybridized carbons (Fsp3) is 0.625. The lowest BCUT2D eigenvalue weighted by Gasteiger charge is -2.40. The number of rotatable bonds is 3. The fourth-order valence-electron chi connectivity index (χ4n) is 3.45. The molecule has 1 aromatic heterocycles. The number of nitrogens with zero attached hydrogens (tertiary/aromatic N) is 1. The Kier molecular flexibility index (Phi) is 4.70. The van der Waals surface area contributed by atoms with Crippen LogP contribution >= 0.6 is 11.3 Å². The molecule has 2 fully saturated rings. The highest BCUT2D eigenvalue weighted by Crippen LogP contribution is 2.39. The summed E-state index contributed by atoms with van der Waals surface area (Å²) in [6.07, 6.45) is 3.10. The minimum Gasteiger partial charge on any atom is -0.465 e. The van der Waals surface area contributed by atoms with Crippen molar-refractivity contribution >= 4 is 28.9 Å². The predicted molar refractivity (Wildman–Crippen MR) is 85.7 cm³/mol. The van der Waals surface area contributed by atoms with Gasteiger partial charge in [0.05, 0.1) is 26.0 Å². The molecule has 126 valence electrons. The predicted octanol–water partition coefficient (Wildman–Crippen LogP) is 2.57. The molecular weight excluding hydrogens is 318 g/mol. The summed E-state index contributed by atoms with van der Waals surface area (Å²) >= 11 is 1.29. The average molecular weight is 339 g/mol. The Labute approximate surface area is 139 Å². The monoisotopic (exact) mass is 339 g/mol. The molecule has 0 radical (unpaired) electrons. The Bertz CT molecular complexity index is 583. The minimum atomic E-state index is -0.460. The maximum Gasteiger partial charge on any atom is 0.350 e. The van der Waals surface area contributed by atoms with Crippen LogP contribution in [0.5, 0.6) is 0 Å². The van der Waals surface area contributed by atoms with E-state index in [1.165, 1.54) is 25.4 Å². The van der Waals surface area contributed by atoms with Crippen LogP contribution in [-0.2, 0) is 19.0 Å². The molecule has 23 heavy (non-hydrogen) atoms. The van der Waals surface area contributed by atoms with Crippen LogP contribution in [0.1, 0.15) is 42.3 Å². The summed E-state index contributed by atoms with van der Waals surface area (Å²) in [5, 5.41) is 1.81. The first-order valence-electron chi connectivity index (χ1n) is 7.80. The number of ether oxygens (including phenoxy) is 3. The fourth-order valence-corrected chi connectivity index (χ4v) is 4.25. The van der Waals surface area contributed by atoms with Crippen LogP contribution in [0.4, 0.5) is 5.69 Å². The van der Waals surface area contributed by atoms with Crippen molar-refractivity contribution in [3.05, 3.63) is 16.3 Å². The molecule has 0 unspecified atom stereocenters. The van der Waals surface area contributed by atoms with E-state index in [0.29, 0.717) is 23.8 Å². The van der Waals surface area contributed by atoms with Gasteiger partial charge in [-0.3, -0.25) is 4.79 Å². The molecule has 1 spiro atoms. The van der Waals surface area contributed by atoms with Gasteiger partial charge in [0, 0.05) is 25.8 Å². The van der Waals surface area contributed by atoms with Crippen LogP contribution in [0.2, 0.25) is 0 Å². The first-order valence-corrected chi connectivity index (χ1v) is 8.68.